The second-order valence-electron chi connectivity index (χ2n) is 4.94. The van der Waals surface area contributed by atoms with Gasteiger partial charge in [-0.1, -0.05) is 6.07 Å². The second-order valence-corrected chi connectivity index (χ2v) is 4.94. The van der Waals surface area contributed by atoms with Crippen LogP contribution in [0.2, 0.25) is 0 Å². The van der Waals surface area contributed by atoms with Crippen molar-refractivity contribution in [2.24, 2.45) is 7.05 Å². The summed E-state index contributed by atoms with van der Waals surface area (Å²) in [6.45, 7) is 1.75. The summed E-state index contributed by atoms with van der Waals surface area (Å²) in [7, 11) is 3.94. The predicted molar refractivity (Wildman–Crippen MR) is 75.5 cm³/mol. The summed E-state index contributed by atoms with van der Waals surface area (Å²) in [6, 6.07) is 6.44. The molecule has 0 amide bonds. The molecule has 0 atom stereocenters. The summed E-state index contributed by atoms with van der Waals surface area (Å²) in [5.41, 5.74) is 4.92. The van der Waals surface area contributed by atoms with Gasteiger partial charge >= 0.3 is 0 Å². The fraction of sp³-hybridized carbons (Fsp3) is 0.400. The smallest absolute Gasteiger partial charge is 0.122 e. The molecule has 0 saturated carbocycles. The molecule has 4 nitrogen and oxygen atoms in total. The van der Waals surface area contributed by atoms with Crippen molar-refractivity contribution in [2.75, 3.05) is 20.2 Å². The Labute approximate surface area is 113 Å². The fourth-order valence-electron chi connectivity index (χ4n) is 2.56. The Balaban J connectivity index is 1.97. The topological polar surface area (TPSA) is 39.1 Å². The zero-order valence-corrected chi connectivity index (χ0v) is 11.4. The van der Waals surface area contributed by atoms with Gasteiger partial charge in [0.25, 0.3) is 0 Å². The van der Waals surface area contributed by atoms with Gasteiger partial charge < -0.3 is 10.1 Å². The first-order chi connectivity index (χ1) is 9.28. The summed E-state index contributed by atoms with van der Waals surface area (Å²) in [5.74, 6) is 1.03. The minimum absolute atomic E-state index is 0.804. The van der Waals surface area contributed by atoms with E-state index in [0.29, 0.717) is 0 Å². The lowest BCUT2D eigenvalue weighted by Crippen LogP contribution is -2.11. The molecule has 1 aliphatic rings. The average Bonchev–Trinajstić information content (AvgIpc) is 3.01. The van der Waals surface area contributed by atoms with Crippen molar-refractivity contribution in [3.8, 4) is 16.9 Å². The number of hydrogen-bond donors (Lipinski definition) is 1. The van der Waals surface area contributed by atoms with Crippen LogP contribution in [0.15, 0.2) is 24.4 Å². The zero-order chi connectivity index (χ0) is 13.2. The number of hydrogen-bond acceptors (Lipinski definition) is 3. The molecule has 2 aromatic rings. The van der Waals surface area contributed by atoms with E-state index in [1.807, 2.05) is 18.8 Å². The first-order valence-electron chi connectivity index (χ1n) is 6.71. The lowest BCUT2D eigenvalue weighted by molar-refractivity contribution is 0.357. The van der Waals surface area contributed by atoms with E-state index >= 15 is 0 Å². The molecule has 0 bridgehead atoms. The van der Waals surface area contributed by atoms with Gasteiger partial charge in [0.05, 0.1) is 12.3 Å². The Morgan fingerprint density at radius 1 is 1.42 bits per heavy atom. The second kappa shape index (κ2) is 5.05. The number of nitrogens with zero attached hydrogens (tertiary/aromatic N) is 2. The van der Waals surface area contributed by atoms with Crippen LogP contribution in [-0.2, 0) is 19.9 Å². The van der Waals surface area contributed by atoms with Crippen molar-refractivity contribution in [3.63, 3.8) is 0 Å². The van der Waals surface area contributed by atoms with Crippen molar-refractivity contribution in [1.82, 2.24) is 15.1 Å². The quantitative estimate of drug-likeness (QED) is 0.907. The van der Waals surface area contributed by atoms with Crippen LogP contribution >= 0.6 is 0 Å². The number of nitrogens with one attached hydrogen (secondary N) is 1. The van der Waals surface area contributed by atoms with Crippen LogP contribution in [0.1, 0.15) is 11.3 Å². The lowest BCUT2D eigenvalue weighted by Gasteiger charge is -2.05. The molecule has 1 aliphatic heterocycles. The van der Waals surface area contributed by atoms with Gasteiger partial charge in [0.15, 0.2) is 0 Å². The maximum Gasteiger partial charge on any atom is 0.122 e. The van der Waals surface area contributed by atoms with E-state index in [2.05, 4.69) is 34.8 Å². The number of rotatable bonds is 4. The van der Waals surface area contributed by atoms with Gasteiger partial charge in [-0.3, -0.25) is 4.68 Å². The van der Waals surface area contributed by atoms with Crippen LogP contribution in [-0.4, -0.2) is 30.0 Å². The maximum atomic E-state index is 5.56. The number of likely N-dealkylation sites (N-methyl/N-ethyl adjacent to an activating group) is 1. The Kier molecular flexibility index (Phi) is 3.25. The molecule has 0 spiro atoms. The molecule has 1 aromatic heterocycles. The molecule has 3 rings (SSSR count). The Morgan fingerprint density at radius 2 is 2.32 bits per heavy atom. The van der Waals surface area contributed by atoms with E-state index < -0.39 is 0 Å². The molecule has 0 aliphatic carbocycles. The highest BCUT2D eigenvalue weighted by Crippen LogP contribution is 2.31. The van der Waals surface area contributed by atoms with Gasteiger partial charge in [-0.25, -0.2) is 0 Å². The molecular formula is C15H19N3O. The predicted octanol–water partition coefficient (Wildman–Crippen LogP) is 1.78. The first kappa shape index (κ1) is 12.2. The first-order valence-corrected chi connectivity index (χ1v) is 6.71. The zero-order valence-electron chi connectivity index (χ0n) is 11.4. The third-order valence-corrected chi connectivity index (χ3v) is 3.52. The third kappa shape index (κ3) is 2.36. The maximum absolute atomic E-state index is 5.56. The molecule has 2 heterocycles. The van der Waals surface area contributed by atoms with E-state index in [0.717, 1.165) is 37.4 Å². The molecule has 100 valence electrons. The number of ether oxygens (including phenoxy) is 1. The number of aryl methyl sites for hydroxylation is 1. The minimum atomic E-state index is 0.804. The SMILES string of the molecule is CNCCc1nn(C)cc1-c1ccc2c(c1)CCO2. The number of fused-ring (bicyclic) bond motifs is 1. The monoisotopic (exact) mass is 257 g/mol. The highest BCUT2D eigenvalue weighted by Gasteiger charge is 2.15. The van der Waals surface area contributed by atoms with Crippen molar-refractivity contribution in [2.45, 2.75) is 12.8 Å². The molecule has 1 N–H and O–H groups in total. The highest BCUT2D eigenvalue weighted by atomic mass is 16.5. The van der Waals surface area contributed by atoms with Crippen LogP contribution in [0.3, 0.4) is 0 Å². The summed E-state index contributed by atoms with van der Waals surface area (Å²) in [5, 5.41) is 7.74. The molecule has 0 radical (unpaired) electrons. The third-order valence-electron chi connectivity index (χ3n) is 3.52. The molecule has 4 heteroatoms. The van der Waals surface area contributed by atoms with E-state index in [1.54, 1.807) is 0 Å². The van der Waals surface area contributed by atoms with E-state index in [1.165, 1.54) is 16.7 Å². The average molecular weight is 257 g/mol. The number of aromatic nitrogens is 2. The van der Waals surface area contributed by atoms with Crippen molar-refractivity contribution >= 4 is 0 Å². The van der Waals surface area contributed by atoms with E-state index in [4.69, 9.17) is 4.74 Å². The van der Waals surface area contributed by atoms with Crippen LogP contribution in [0, 0.1) is 0 Å². The van der Waals surface area contributed by atoms with Gasteiger partial charge in [-0.05, 0) is 30.3 Å². The van der Waals surface area contributed by atoms with Gasteiger partial charge in [0, 0.05) is 38.2 Å². The molecule has 1 aromatic carbocycles. The largest absolute Gasteiger partial charge is 0.493 e. The minimum Gasteiger partial charge on any atom is -0.493 e. The van der Waals surface area contributed by atoms with E-state index in [9.17, 15) is 0 Å². The van der Waals surface area contributed by atoms with Gasteiger partial charge in [-0.15, -0.1) is 0 Å². The van der Waals surface area contributed by atoms with Crippen LogP contribution in [0.5, 0.6) is 5.75 Å². The van der Waals surface area contributed by atoms with Crippen LogP contribution in [0.4, 0.5) is 0 Å². The van der Waals surface area contributed by atoms with Gasteiger partial charge in [0.1, 0.15) is 5.75 Å². The molecule has 0 unspecified atom stereocenters. The highest BCUT2D eigenvalue weighted by molar-refractivity contribution is 5.67. The van der Waals surface area contributed by atoms with Crippen LogP contribution < -0.4 is 10.1 Å². The fourth-order valence-corrected chi connectivity index (χ4v) is 2.56. The standard InChI is InChI=1S/C15H19N3O/c1-16-7-5-14-13(10-18(2)17-14)11-3-4-15-12(9-11)6-8-19-15/h3-4,9-10,16H,5-8H2,1-2H3. The van der Waals surface area contributed by atoms with Crippen molar-refractivity contribution < 1.29 is 4.74 Å². The summed E-state index contributed by atoms with van der Waals surface area (Å²) < 4.78 is 7.45. The van der Waals surface area contributed by atoms with E-state index in [-0.39, 0.29) is 0 Å². The Hall–Kier alpha value is -1.81. The van der Waals surface area contributed by atoms with Crippen molar-refractivity contribution in [1.29, 1.82) is 0 Å². The van der Waals surface area contributed by atoms with Gasteiger partial charge in [0.2, 0.25) is 0 Å². The Bertz CT molecular complexity index is 589. The molecule has 0 saturated heterocycles. The lowest BCUT2D eigenvalue weighted by atomic mass is 10.0. The summed E-state index contributed by atoms with van der Waals surface area (Å²) in [6.07, 6.45) is 4.05. The summed E-state index contributed by atoms with van der Waals surface area (Å²) in [4.78, 5) is 0. The van der Waals surface area contributed by atoms with Crippen molar-refractivity contribution in [3.05, 3.63) is 35.7 Å². The molecular weight excluding hydrogens is 238 g/mol. The molecule has 0 fully saturated rings. The van der Waals surface area contributed by atoms with Gasteiger partial charge in [-0.2, -0.15) is 5.10 Å². The summed E-state index contributed by atoms with van der Waals surface area (Å²) >= 11 is 0. The molecule has 19 heavy (non-hydrogen) atoms. The van der Waals surface area contributed by atoms with Crippen LogP contribution in [0.25, 0.3) is 11.1 Å². The number of benzene rings is 1. The normalized spacial score (nSPS) is 13.4. The Morgan fingerprint density at radius 3 is 3.16 bits per heavy atom.